The van der Waals surface area contributed by atoms with E-state index in [-0.39, 0.29) is 11.9 Å². The molecule has 1 aromatic rings. The second kappa shape index (κ2) is 3.18. The van der Waals surface area contributed by atoms with Gasteiger partial charge in [0, 0.05) is 31.9 Å². The van der Waals surface area contributed by atoms with Crippen LogP contribution >= 0.6 is 0 Å². The summed E-state index contributed by atoms with van der Waals surface area (Å²) in [4.78, 5) is 11.4. The van der Waals surface area contributed by atoms with Gasteiger partial charge in [0.15, 0.2) is 0 Å². The van der Waals surface area contributed by atoms with Gasteiger partial charge in [-0.15, -0.1) is 0 Å². The van der Waals surface area contributed by atoms with Gasteiger partial charge in [-0.25, -0.2) is 0 Å². The molecule has 0 spiro atoms. The summed E-state index contributed by atoms with van der Waals surface area (Å²) in [6, 6.07) is -0.234. The molecule has 1 aliphatic heterocycles. The molecule has 70 valence electrons. The summed E-state index contributed by atoms with van der Waals surface area (Å²) in [5, 5.41) is 9.96. The van der Waals surface area contributed by atoms with Gasteiger partial charge in [-0.05, 0) is 0 Å². The molecule has 1 fully saturated rings. The number of aromatic nitrogens is 2. The van der Waals surface area contributed by atoms with Crippen molar-refractivity contribution in [3.63, 3.8) is 0 Å². The molecule has 1 aliphatic rings. The van der Waals surface area contributed by atoms with Crippen molar-refractivity contribution in [2.75, 3.05) is 13.1 Å². The van der Waals surface area contributed by atoms with Gasteiger partial charge in [0.2, 0.25) is 5.91 Å². The van der Waals surface area contributed by atoms with Crippen molar-refractivity contribution in [2.45, 2.75) is 6.04 Å². The Hall–Kier alpha value is -1.36. The SMILES string of the molecule is Cn1cc(C2NCCNC2=O)cn1. The van der Waals surface area contributed by atoms with E-state index in [1.807, 2.05) is 13.2 Å². The molecule has 1 unspecified atom stereocenters. The highest BCUT2D eigenvalue weighted by molar-refractivity contribution is 5.83. The number of hydrogen-bond acceptors (Lipinski definition) is 3. The predicted octanol–water partition coefficient (Wildman–Crippen LogP) is -0.819. The topological polar surface area (TPSA) is 59.0 Å². The number of nitrogens with one attached hydrogen (secondary N) is 2. The third-order valence-corrected chi connectivity index (χ3v) is 2.09. The molecule has 0 bridgehead atoms. The first-order valence-corrected chi connectivity index (χ1v) is 4.27. The second-order valence-corrected chi connectivity index (χ2v) is 3.13. The fourth-order valence-electron chi connectivity index (χ4n) is 1.46. The van der Waals surface area contributed by atoms with Crippen molar-refractivity contribution in [1.29, 1.82) is 0 Å². The first-order chi connectivity index (χ1) is 6.27. The van der Waals surface area contributed by atoms with Crippen molar-refractivity contribution in [1.82, 2.24) is 20.4 Å². The van der Waals surface area contributed by atoms with Crippen molar-refractivity contribution in [3.8, 4) is 0 Å². The molecule has 0 aliphatic carbocycles. The normalized spacial score (nSPS) is 22.8. The number of piperazine rings is 1. The van der Waals surface area contributed by atoms with Crippen molar-refractivity contribution in [2.24, 2.45) is 7.05 Å². The highest BCUT2D eigenvalue weighted by Gasteiger charge is 2.23. The standard InChI is InChI=1S/C8H12N4O/c1-12-5-6(4-11-12)7-8(13)10-3-2-9-7/h4-5,7,9H,2-3H2,1H3,(H,10,13). The summed E-state index contributed by atoms with van der Waals surface area (Å²) >= 11 is 0. The van der Waals surface area contributed by atoms with Crippen LogP contribution in [0.15, 0.2) is 12.4 Å². The fourth-order valence-corrected chi connectivity index (χ4v) is 1.46. The quantitative estimate of drug-likeness (QED) is 0.593. The molecule has 1 atom stereocenters. The van der Waals surface area contributed by atoms with Gasteiger partial charge in [-0.1, -0.05) is 0 Å². The molecular formula is C8H12N4O. The minimum Gasteiger partial charge on any atom is -0.353 e. The van der Waals surface area contributed by atoms with E-state index in [1.165, 1.54) is 0 Å². The molecule has 2 N–H and O–H groups in total. The molecule has 0 aromatic carbocycles. The third kappa shape index (κ3) is 1.55. The lowest BCUT2D eigenvalue weighted by Crippen LogP contribution is -2.47. The van der Waals surface area contributed by atoms with Crippen LogP contribution in [0.25, 0.3) is 0 Å². The van der Waals surface area contributed by atoms with E-state index < -0.39 is 0 Å². The van der Waals surface area contributed by atoms with Gasteiger partial charge in [0.25, 0.3) is 0 Å². The molecule has 5 nitrogen and oxygen atoms in total. The van der Waals surface area contributed by atoms with Crippen LogP contribution < -0.4 is 10.6 Å². The molecule has 5 heteroatoms. The number of carbonyl (C=O) groups excluding carboxylic acids is 1. The average molecular weight is 180 g/mol. The van der Waals surface area contributed by atoms with E-state index in [0.717, 1.165) is 12.1 Å². The first kappa shape index (κ1) is 8.25. The van der Waals surface area contributed by atoms with Crippen LogP contribution in [0.2, 0.25) is 0 Å². The molecular weight excluding hydrogens is 168 g/mol. The van der Waals surface area contributed by atoms with Gasteiger partial charge in [-0.3, -0.25) is 9.48 Å². The summed E-state index contributed by atoms with van der Waals surface area (Å²) in [5.74, 6) is 0.0271. The van der Waals surface area contributed by atoms with Crippen LogP contribution in [-0.4, -0.2) is 28.8 Å². The van der Waals surface area contributed by atoms with Crippen LogP contribution in [0, 0.1) is 0 Å². The average Bonchev–Trinajstić information content (AvgIpc) is 2.53. The van der Waals surface area contributed by atoms with Crippen molar-refractivity contribution < 1.29 is 4.79 Å². The maximum atomic E-state index is 11.4. The Morgan fingerprint density at radius 3 is 3.08 bits per heavy atom. The molecule has 0 saturated carbocycles. The number of carbonyl (C=O) groups is 1. The number of nitrogens with zero attached hydrogens (tertiary/aromatic N) is 2. The Balaban J connectivity index is 2.19. The smallest absolute Gasteiger partial charge is 0.241 e. The zero-order chi connectivity index (χ0) is 9.26. The summed E-state index contributed by atoms with van der Waals surface area (Å²) in [7, 11) is 1.84. The summed E-state index contributed by atoms with van der Waals surface area (Å²) in [6.07, 6.45) is 3.56. The Morgan fingerprint density at radius 2 is 2.46 bits per heavy atom. The van der Waals surface area contributed by atoms with E-state index in [4.69, 9.17) is 0 Å². The Bertz CT molecular complexity index is 320. The lowest BCUT2D eigenvalue weighted by Gasteiger charge is -2.22. The number of amides is 1. The summed E-state index contributed by atoms with van der Waals surface area (Å²) in [5.41, 5.74) is 0.916. The monoisotopic (exact) mass is 180 g/mol. The van der Waals surface area contributed by atoms with E-state index >= 15 is 0 Å². The Kier molecular flexibility index (Phi) is 2.02. The largest absolute Gasteiger partial charge is 0.353 e. The van der Waals surface area contributed by atoms with Gasteiger partial charge >= 0.3 is 0 Å². The number of rotatable bonds is 1. The van der Waals surface area contributed by atoms with E-state index in [2.05, 4.69) is 15.7 Å². The van der Waals surface area contributed by atoms with Gasteiger partial charge in [-0.2, -0.15) is 5.10 Å². The number of hydrogen-bond donors (Lipinski definition) is 2. The maximum Gasteiger partial charge on any atom is 0.241 e. The zero-order valence-corrected chi connectivity index (χ0v) is 7.45. The second-order valence-electron chi connectivity index (χ2n) is 3.13. The van der Waals surface area contributed by atoms with Crippen LogP contribution in [0.3, 0.4) is 0 Å². The minimum absolute atomic E-state index is 0.0271. The van der Waals surface area contributed by atoms with Crippen molar-refractivity contribution >= 4 is 5.91 Å². The summed E-state index contributed by atoms with van der Waals surface area (Å²) < 4.78 is 1.69. The highest BCUT2D eigenvalue weighted by Crippen LogP contribution is 2.12. The van der Waals surface area contributed by atoms with Crippen LogP contribution in [0.5, 0.6) is 0 Å². The zero-order valence-electron chi connectivity index (χ0n) is 7.45. The molecule has 13 heavy (non-hydrogen) atoms. The lowest BCUT2D eigenvalue weighted by molar-refractivity contribution is -0.124. The van der Waals surface area contributed by atoms with Crippen LogP contribution in [0.4, 0.5) is 0 Å². The highest BCUT2D eigenvalue weighted by atomic mass is 16.2. The first-order valence-electron chi connectivity index (χ1n) is 4.27. The molecule has 1 aromatic heterocycles. The van der Waals surface area contributed by atoms with Gasteiger partial charge in [0.05, 0.1) is 6.20 Å². The minimum atomic E-state index is -0.234. The van der Waals surface area contributed by atoms with E-state index in [0.29, 0.717) is 6.54 Å². The summed E-state index contributed by atoms with van der Waals surface area (Å²) in [6.45, 7) is 1.51. The van der Waals surface area contributed by atoms with Gasteiger partial charge < -0.3 is 10.6 Å². The third-order valence-electron chi connectivity index (χ3n) is 2.09. The van der Waals surface area contributed by atoms with Gasteiger partial charge in [0.1, 0.15) is 6.04 Å². The Morgan fingerprint density at radius 1 is 1.62 bits per heavy atom. The van der Waals surface area contributed by atoms with E-state index in [9.17, 15) is 4.79 Å². The van der Waals surface area contributed by atoms with Crippen molar-refractivity contribution in [3.05, 3.63) is 18.0 Å². The van der Waals surface area contributed by atoms with Crippen LogP contribution in [-0.2, 0) is 11.8 Å². The molecule has 1 saturated heterocycles. The van der Waals surface area contributed by atoms with Crippen LogP contribution in [0.1, 0.15) is 11.6 Å². The van der Waals surface area contributed by atoms with E-state index in [1.54, 1.807) is 10.9 Å². The number of aryl methyl sites for hydroxylation is 1. The molecule has 2 heterocycles. The molecule has 2 rings (SSSR count). The fraction of sp³-hybridized carbons (Fsp3) is 0.500. The molecule has 1 amide bonds. The molecule has 0 radical (unpaired) electrons. The lowest BCUT2D eigenvalue weighted by atomic mass is 10.1. The maximum absolute atomic E-state index is 11.4. The predicted molar refractivity (Wildman–Crippen MR) is 47.0 cm³/mol. The Labute approximate surface area is 76.1 Å².